The first-order valence-electron chi connectivity index (χ1n) is 15.9. The highest BCUT2D eigenvalue weighted by Gasteiger charge is 2.59. The normalized spacial score (nSPS) is 27.8. The fourth-order valence-corrected chi connectivity index (χ4v) is 7.90. The molecule has 4 heterocycles. The molecule has 0 saturated carbocycles. The van der Waals surface area contributed by atoms with E-state index in [2.05, 4.69) is 11.0 Å². The SMILES string of the molecule is COC1=C[C@]23CCCN2CCc2cc4c(cc2[C@@H]3[C@@H]1OC(=O)[C@@](O)(CCCC(C)(C)O)CC(=O)N1CCCCC1)OCO4. The number of carbonyl (C=O) groups is 2. The van der Waals surface area contributed by atoms with Crippen molar-refractivity contribution in [2.45, 2.75) is 107 Å². The molecule has 0 radical (unpaired) electrons. The molecule has 10 heteroatoms. The molecule has 4 atom stereocenters. The topological polar surface area (TPSA) is 118 Å². The Morgan fingerprint density at radius 2 is 1.77 bits per heavy atom. The van der Waals surface area contributed by atoms with E-state index in [1.165, 1.54) is 0 Å². The van der Waals surface area contributed by atoms with Crippen molar-refractivity contribution in [2.24, 2.45) is 0 Å². The molecule has 2 fully saturated rings. The maximum atomic E-state index is 14.2. The second-order valence-corrected chi connectivity index (χ2v) is 13.6. The van der Waals surface area contributed by atoms with Crippen LogP contribution in [0.4, 0.5) is 0 Å². The number of nitrogens with zero attached hydrogens (tertiary/aromatic N) is 2. The Hall–Kier alpha value is -2.82. The predicted molar refractivity (Wildman–Crippen MR) is 158 cm³/mol. The Balaban J connectivity index is 1.32. The molecular weight excluding hydrogens is 552 g/mol. The molecule has 2 saturated heterocycles. The van der Waals surface area contributed by atoms with Crippen molar-refractivity contribution in [1.29, 1.82) is 0 Å². The highest BCUT2D eigenvalue weighted by molar-refractivity contribution is 5.88. The van der Waals surface area contributed by atoms with Crippen LogP contribution in [-0.2, 0) is 25.5 Å². The van der Waals surface area contributed by atoms with Crippen molar-refractivity contribution in [3.05, 3.63) is 35.1 Å². The van der Waals surface area contributed by atoms with Crippen LogP contribution in [0, 0.1) is 0 Å². The number of rotatable bonds is 9. The van der Waals surface area contributed by atoms with Gasteiger partial charge < -0.3 is 34.1 Å². The van der Waals surface area contributed by atoms with Gasteiger partial charge >= 0.3 is 5.97 Å². The van der Waals surface area contributed by atoms with E-state index in [1.807, 2.05) is 12.1 Å². The third-order valence-corrected chi connectivity index (χ3v) is 10.1. The van der Waals surface area contributed by atoms with Crippen molar-refractivity contribution in [3.63, 3.8) is 0 Å². The number of aliphatic hydroxyl groups is 2. The average molecular weight is 599 g/mol. The molecule has 0 aromatic heterocycles. The molecule has 1 aliphatic carbocycles. The van der Waals surface area contributed by atoms with Crippen LogP contribution >= 0.6 is 0 Å². The van der Waals surface area contributed by atoms with E-state index in [0.29, 0.717) is 37.4 Å². The monoisotopic (exact) mass is 598 g/mol. The standard InChI is InChI=1S/C33H46N2O8/c1-31(2,38)10-7-12-33(39,20-27(36)34-13-5-4-6-14-34)30(37)43-29-26(40-3)19-32-11-8-15-35(32)16-9-22-17-24-25(42-21-41-24)18-23(22)28(29)32/h17-19,28-29,38-39H,4-16,20-21H2,1-3H3/t28-,29-,32+,33-/m1/s1. The van der Waals surface area contributed by atoms with E-state index >= 15 is 0 Å². The van der Waals surface area contributed by atoms with Crippen molar-refractivity contribution in [3.8, 4) is 11.5 Å². The summed E-state index contributed by atoms with van der Waals surface area (Å²) in [5.74, 6) is 0.596. The maximum absolute atomic E-state index is 14.2. The molecule has 5 aliphatic rings. The molecule has 0 bridgehead atoms. The number of hydrogen-bond donors (Lipinski definition) is 2. The fraction of sp³-hybridized carbons (Fsp3) is 0.697. The minimum atomic E-state index is -2.04. The van der Waals surface area contributed by atoms with Crippen LogP contribution in [-0.4, -0.2) is 94.8 Å². The number of hydrogen-bond acceptors (Lipinski definition) is 9. The van der Waals surface area contributed by atoms with Gasteiger partial charge in [-0.3, -0.25) is 9.69 Å². The van der Waals surface area contributed by atoms with E-state index in [1.54, 1.807) is 25.9 Å². The molecule has 1 amide bonds. The molecule has 1 spiro atoms. The lowest BCUT2D eigenvalue weighted by Crippen LogP contribution is -2.50. The van der Waals surface area contributed by atoms with Crippen LogP contribution in [0.2, 0.25) is 0 Å². The van der Waals surface area contributed by atoms with E-state index < -0.39 is 28.8 Å². The molecule has 10 nitrogen and oxygen atoms in total. The summed E-state index contributed by atoms with van der Waals surface area (Å²) in [5.41, 5.74) is -1.25. The quantitative estimate of drug-likeness (QED) is 0.413. The Morgan fingerprint density at radius 3 is 2.49 bits per heavy atom. The first kappa shape index (κ1) is 30.2. The van der Waals surface area contributed by atoms with E-state index in [-0.39, 0.29) is 31.5 Å². The van der Waals surface area contributed by atoms with Gasteiger partial charge in [-0.2, -0.15) is 0 Å². The number of fused-ring (bicyclic) bond motifs is 3. The van der Waals surface area contributed by atoms with Gasteiger partial charge in [0.05, 0.1) is 30.6 Å². The summed E-state index contributed by atoms with van der Waals surface area (Å²) < 4.78 is 23.7. The smallest absolute Gasteiger partial charge is 0.339 e. The number of esters is 1. The summed E-state index contributed by atoms with van der Waals surface area (Å²) in [4.78, 5) is 31.7. The second-order valence-electron chi connectivity index (χ2n) is 13.6. The van der Waals surface area contributed by atoms with E-state index in [9.17, 15) is 19.8 Å². The molecule has 1 aromatic carbocycles. The Bertz CT molecular complexity index is 1270. The van der Waals surface area contributed by atoms with Gasteiger partial charge in [0.1, 0.15) is 5.76 Å². The highest BCUT2D eigenvalue weighted by atomic mass is 16.7. The number of benzene rings is 1. The van der Waals surface area contributed by atoms with Crippen LogP contribution in [0.1, 0.15) is 88.7 Å². The summed E-state index contributed by atoms with van der Waals surface area (Å²) in [6.07, 6.45) is 7.32. The average Bonchev–Trinajstić information content (AvgIpc) is 3.66. The van der Waals surface area contributed by atoms with Crippen LogP contribution in [0.15, 0.2) is 24.0 Å². The molecule has 2 N–H and O–H groups in total. The molecule has 0 unspecified atom stereocenters. The summed E-state index contributed by atoms with van der Waals surface area (Å²) in [6.45, 7) is 6.58. The second kappa shape index (κ2) is 11.6. The first-order valence-corrected chi connectivity index (χ1v) is 15.9. The number of methoxy groups -OCH3 is 1. The zero-order chi connectivity index (χ0) is 30.4. The summed E-state index contributed by atoms with van der Waals surface area (Å²) in [7, 11) is 1.59. The predicted octanol–water partition coefficient (Wildman–Crippen LogP) is 3.42. The lowest BCUT2D eigenvalue weighted by Gasteiger charge is -2.40. The van der Waals surface area contributed by atoms with Gasteiger partial charge in [0, 0.05) is 19.6 Å². The largest absolute Gasteiger partial charge is 0.497 e. The highest BCUT2D eigenvalue weighted by Crippen LogP contribution is 2.55. The minimum Gasteiger partial charge on any atom is -0.497 e. The third-order valence-electron chi connectivity index (χ3n) is 10.1. The maximum Gasteiger partial charge on any atom is 0.339 e. The Kier molecular flexibility index (Phi) is 8.15. The molecule has 236 valence electrons. The summed E-state index contributed by atoms with van der Waals surface area (Å²) in [5, 5.41) is 22.3. The third kappa shape index (κ3) is 5.73. The van der Waals surface area contributed by atoms with Crippen LogP contribution in [0.5, 0.6) is 11.5 Å². The fourth-order valence-electron chi connectivity index (χ4n) is 7.90. The Labute approximate surface area is 253 Å². The number of piperidine rings is 1. The first-order chi connectivity index (χ1) is 20.5. The number of ether oxygens (including phenoxy) is 4. The molecule has 43 heavy (non-hydrogen) atoms. The van der Waals surface area contributed by atoms with Gasteiger partial charge in [-0.1, -0.05) is 0 Å². The van der Waals surface area contributed by atoms with Gasteiger partial charge in [-0.25, -0.2) is 4.79 Å². The van der Waals surface area contributed by atoms with E-state index in [0.717, 1.165) is 68.5 Å². The van der Waals surface area contributed by atoms with Crippen molar-refractivity contribution in [2.75, 3.05) is 40.1 Å². The lowest BCUT2D eigenvalue weighted by atomic mass is 9.77. The summed E-state index contributed by atoms with van der Waals surface area (Å²) >= 11 is 0. The van der Waals surface area contributed by atoms with Gasteiger partial charge in [0.15, 0.2) is 23.2 Å². The molecule has 4 aliphatic heterocycles. The summed E-state index contributed by atoms with van der Waals surface area (Å²) in [6, 6.07) is 4.07. The van der Waals surface area contributed by atoms with Crippen LogP contribution in [0.3, 0.4) is 0 Å². The molecule has 1 aromatic rings. The van der Waals surface area contributed by atoms with Gasteiger partial charge in [0.25, 0.3) is 0 Å². The Morgan fingerprint density at radius 1 is 1.02 bits per heavy atom. The number of carbonyl (C=O) groups excluding carboxylic acids is 2. The van der Waals surface area contributed by atoms with Gasteiger partial charge in [-0.15, -0.1) is 0 Å². The van der Waals surface area contributed by atoms with Crippen molar-refractivity contribution in [1.82, 2.24) is 9.80 Å². The minimum absolute atomic E-state index is 0.00532. The van der Waals surface area contributed by atoms with Crippen molar-refractivity contribution < 1.29 is 38.7 Å². The van der Waals surface area contributed by atoms with E-state index in [4.69, 9.17) is 18.9 Å². The number of likely N-dealkylation sites (tertiary alicyclic amines) is 1. The van der Waals surface area contributed by atoms with Crippen LogP contribution < -0.4 is 9.47 Å². The molecular formula is C33H46N2O8. The lowest BCUT2D eigenvalue weighted by molar-refractivity contribution is -0.177. The van der Waals surface area contributed by atoms with Gasteiger partial charge in [0.2, 0.25) is 12.7 Å². The zero-order valence-corrected chi connectivity index (χ0v) is 25.7. The number of amides is 1. The molecule has 6 rings (SSSR count). The van der Waals surface area contributed by atoms with Crippen molar-refractivity contribution >= 4 is 11.9 Å². The van der Waals surface area contributed by atoms with Gasteiger partial charge in [-0.05, 0) is 108 Å². The van der Waals surface area contributed by atoms with Crippen LogP contribution in [0.25, 0.3) is 0 Å². The zero-order valence-electron chi connectivity index (χ0n) is 25.7.